The third kappa shape index (κ3) is 6.35. The van der Waals surface area contributed by atoms with E-state index in [1.54, 1.807) is 11.0 Å². The van der Waals surface area contributed by atoms with Crippen LogP contribution in [0, 0.1) is 5.41 Å². The van der Waals surface area contributed by atoms with Crippen LogP contribution < -0.4 is 0 Å². The summed E-state index contributed by atoms with van der Waals surface area (Å²) in [7, 11) is 0. The molecule has 0 radical (unpaired) electrons. The average molecular weight is 431 g/mol. The average Bonchev–Trinajstić information content (AvgIpc) is 3.21. The lowest BCUT2D eigenvalue weighted by atomic mass is 9.90. The number of likely N-dealkylation sites (tertiary alicyclic amines) is 1. The van der Waals surface area contributed by atoms with Crippen molar-refractivity contribution in [3.63, 3.8) is 0 Å². The minimum absolute atomic E-state index is 0.0190. The molecular formula is C21H28F3NO5. The van der Waals surface area contributed by atoms with Crippen molar-refractivity contribution < 1.29 is 37.4 Å². The number of amides is 1. The summed E-state index contributed by atoms with van der Waals surface area (Å²) < 4.78 is 42.6. The van der Waals surface area contributed by atoms with Gasteiger partial charge in [0, 0.05) is 18.4 Å². The molecule has 1 fully saturated rings. The van der Waals surface area contributed by atoms with E-state index >= 15 is 0 Å². The molecule has 0 aromatic carbocycles. The highest BCUT2D eigenvalue weighted by Gasteiger charge is 2.43. The van der Waals surface area contributed by atoms with Crippen LogP contribution in [0.15, 0.2) is 28.7 Å². The fraction of sp³-hybridized carbons (Fsp3) is 0.619. The fourth-order valence-corrected chi connectivity index (χ4v) is 3.60. The van der Waals surface area contributed by atoms with Gasteiger partial charge in [0.2, 0.25) is 11.7 Å². The molecular weight excluding hydrogens is 403 g/mol. The van der Waals surface area contributed by atoms with Gasteiger partial charge in [-0.1, -0.05) is 38.8 Å². The molecule has 9 heteroatoms. The van der Waals surface area contributed by atoms with Crippen molar-refractivity contribution in [2.45, 2.75) is 70.7 Å². The van der Waals surface area contributed by atoms with Gasteiger partial charge in [0.1, 0.15) is 11.9 Å². The number of carboxylic acids is 1. The molecule has 2 heterocycles. The lowest BCUT2D eigenvalue weighted by Gasteiger charge is -2.23. The predicted molar refractivity (Wildman–Crippen MR) is 102 cm³/mol. The normalized spacial score (nSPS) is 20.3. The van der Waals surface area contributed by atoms with Crippen molar-refractivity contribution in [1.82, 2.24) is 4.90 Å². The van der Waals surface area contributed by atoms with Crippen LogP contribution in [-0.2, 0) is 15.8 Å². The second-order valence-electron chi connectivity index (χ2n) is 8.24. The first-order valence-corrected chi connectivity index (χ1v) is 9.98. The van der Waals surface area contributed by atoms with E-state index in [-0.39, 0.29) is 24.1 Å². The highest BCUT2D eigenvalue weighted by Crippen LogP contribution is 2.37. The summed E-state index contributed by atoms with van der Waals surface area (Å²) >= 11 is 0. The lowest BCUT2D eigenvalue weighted by Crippen LogP contribution is -2.35. The monoisotopic (exact) mass is 431 g/mol. The Morgan fingerprint density at radius 1 is 1.30 bits per heavy atom. The molecule has 6 nitrogen and oxygen atoms in total. The maximum Gasteiger partial charge on any atom is 0.449 e. The molecule has 1 aromatic heterocycles. The molecule has 2 atom stereocenters. The summed E-state index contributed by atoms with van der Waals surface area (Å²) in [6.45, 7) is 4.17. The van der Waals surface area contributed by atoms with E-state index in [2.05, 4.69) is 4.42 Å². The molecule has 1 saturated heterocycles. The van der Waals surface area contributed by atoms with Crippen LogP contribution >= 0.6 is 0 Å². The number of aliphatic carboxylic acids is 1. The zero-order valence-electron chi connectivity index (χ0n) is 17.1. The lowest BCUT2D eigenvalue weighted by molar-refractivity contribution is -0.153. The van der Waals surface area contributed by atoms with Crippen LogP contribution in [0.3, 0.4) is 0 Å². The molecule has 0 spiro atoms. The summed E-state index contributed by atoms with van der Waals surface area (Å²) in [5, 5.41) is 18.8. The molecule has 2 N–H and O–H groups in total. The predicted octanol–water partition coefficient (Wildman–Crippen LogP) is 4.55. The Morgan fingerprint density at radius 2 is 1.97 bits per heavy atom. The minimum atomic E-state index is -4.62. The standard InChI is InChI=1S/C21H28F3NO5/c1-20(2)13-14(25(19(20)29)12-6-4-3-5-7-18(27)28)8-9-15(26)16-10-11-17(30-16)21(22,23)24/h8-11,14-15,26H,3-7,12-13H2,1-2H3,(H,27,28)/t14-,15?/m0/s1. The number of halogens is 3. The van der Waals surface area contributed by atoms with E-state index < -0.39 is 29.4 Å². The SMILES string of the molecule is CC1(C)C[C@H](C=CC(O)c2ccc(C(F)(F)F)o2)N(CCCCCCC(=O)O)C1=O. The van der Waals surface area contributed by atoms with Crippen molar-refractivity contribution in [3.8, 4) is 0 Å². The van der Waals surface area contributed by atoms with Gasteiger partial charge in [-0.2, -0.15) is 13.2 Å². The number of aliphatic hydroxyl groups excluding tert-OH is 1. The van der Waals surface area contributed by atoms with Crippen LogP contribution in [0.25, 0.3) is 0 Å². The van der Waals surface area contributed by atoms with E-state index in [0.717, 1.165) is 31.4 Å². The molecule has 1 aliphatic heterocycles. The largest absolute Gasteiger partial charge is 0.481 e. The Bertz CT molecular complexity index is 769. The molecule has 1 amide bonds. The third-order valence-electron chi connectivity index (χ3n) is 5.21. The third-order valence-corrected chi connectivity index (χ3v) is 5.21. The molecule has 30 heavy (non-hydrogen) atoms. The van der Waals surface area contributed by atoms with Crippen LogP contribution in [0.2, 0.25) is 0 Å². The highest BCUT2D eigenvalue weighted by atomic mass is 19.4. The fourth-order valence-electron chi connectivity index (χ4n) is 3.60. The summed E-state index contributed by atoms with van der Waals surface area (Å²) in [6, 6.07) is 1.57. The van der Waals surface area contributed by atoms with Gasteiger partial charge in [-0.25, -0.2) is 0 Å². The molecule has 168 valence electrons. The first-order valence-electron chi connectivity index (χ1n) is 9.98. The van der Waals surface area contributed by atoms with Gasteiger partial charge in [0.25, 0.3) is 0 Å². The second-order valence-corrected chi connectivity index (χ2v) is 8.24. The smallest absolute Gasteiger partial charge is 0.449 e. The molecule has 0 saturated carbocycles. The van der Waals surface area contributed by atoms with Gasteiger partial charge in [-0.15, -0.1) is 0 Å². The van der Waals surface area contributed by atoms with Crippen molar-refractivity contribution >= 4 is 11.9 Å². The van der Waals surface area contributed by atoms with Crippen LogP contribution in [-0.4, -0.2) is 39.6 Å². The Hall–Kier alpha value is -2.29. The van der Waals surface area contributed by atoms with Crippen molar-refractivity contribution in [2.75, 3.05) is 6.54 Å². The molecule has 0 bridgehead atoms. The molecule has 2 rings (SSSR count). The maximum absolute atomic E-state index is 12.7. The van der Waals surface area contributed by atoms with Crippen molar-refractivity contribution in [3.05, 3.63) is 35.8 Å². The number of unbranched alkanes of at least 4 members (excludes halogenated alkanes) is 3. The summed E-state index contributed by atoms with van der Waals surface area (Å²) in [5.41, 5.74) is -0.572. The Balaban J connectivity index is 1.96. The number of aliphatic hydroxyl groups is 1. The van der Waals surface area contributed by atoms with Gasteiger partial charge < -0.3 is 19.5 Å². The zero-order valence-corrected chi connectivity index (χ0v) is 17.1. The van der Waals surface area contributed by atoms with Gasteiger partial charge in [-0.3, -0.25) is 9.59 Å². The topological polar surface area (TPSA) is 91.0 Å². The Kier molecular flexibility index (Phi) is 7.74. The van der Waals surface area contributed by atoms with Gasteiger partial charge in [0.05, 0.1) is 6.04 Å². The van der Waals surface area contributed by atoms with Gasteiger partial charge in [0.15, 0.2) is 0 Å². The Morgan fingerprint density at radius 3 is 2.57 bits per heavy atom. The second kappa shape index (κ2) is 9.68. The zero-order chi connectivity index (χ0) is 22.5. The first kappa shape index (κ1) is 24.0. The first-order chi connectivity index (χ1) is 13.9. The van der Waals surface area contributed by atoms with E-state index in [1.807, 2.05) is 13.8 Å². The number of carbonyl (C=O) groups excluding carboxylic acids is 1. The van der Waals surface area contributed by atoms with Crippen molar-refractivity contribution in [1.29, 1.82) is 0 Å². The number of carboxylic acid groups (broad SMARTS) is 1. The number of furan rings is 1. The summed E-state index contributed by atoms with van der Waals surface area (Å²) in [5.74, 6) is -2.23. The molecule has 1 aromatic rings. The van der Waals surface area contributed by atoms with Gasteiger partial charge in [-0.05, 0) is 31.4 Å². The number of hydrogen-bond acceptors (Lipinski definition) is 4. The number of rotatable bonds is 10. The molecule has 1 unspecified atom stereocenters. The summed E-state index contributed by atoms with van der Waals surface area (Å²) in [4.78, 5) is 24.9. The summed E-state index contributed by atoms with van der Waals surface area (Å²) in [6.07, 6.45) is 0.537. The van der Waals surface area contributed by atoms with Gasteiger partial charge >= 0.3 is 12.1 Å². The Labute approximate surface area is 173 Å². The minimum Gasteiger partial charge on any atom is -0.481 e. The van der Waals surface area contributed by atoms with Crippen LogP contribution in [0.1, 0.15) is 70.0 Å². The maximum atomic E-state index is 12.7. The van der Waals surface area contributed by atoms with E-state index in [4.69, 9.17) is 5.11 Å². The number of hydrogen-bond donors (Lipinski definition) is 2. The van der Waals surface area contributed by atoms with Crippen LogP contribution in [0.5, 0.6) is 0 Å². The number of nitrogens with zero attached hydrogens (tertiary/aromatic N) is 1. The quantitative estimate of drug-likeness (QED) is 0.419. The molecule has 1 aliphatic rings. The van der Waals surface area contributed by atoms with Crippen LogP contribution in [0.4, 0.5) is 13.2 Å². The highest BCUT2D eigenvalue weighted by molar-refractivity contribution is 5.85. The van der Waals surface area contributed by atoms with E-state index in [9.17, 15) is 27.9 Å². The van der Waals surface area contributed by atoms with E-state index in [1.165, 1.54) is 6.08 Å². The molecule has 0 aliphatic carbocycles. The number of carbonyl (C=O) groups is 2. The van der Waals surface area contributed by atoms with Crippen molar-refractivity contribution in [2.24, 2.45) is 5.41 Å². The number of alkyl halides is 3. The van der Waals surface area contributed by atoms with E-state index in [0.29, 0.717) is 19.4 Å².